The van der Waals surface area contributed by atoms with Crippen LogP contribution < -0.4 is 5.32 Å². The molecular formula is C27H31N5O2. The largest absolute Gasteiger partial charge is 0.335 e. The summed E-state index contributed by atoms with van der Waals surface area (Å²) in [5.74, 6) is 1.79. The van der Waals surface area contributed by atoms with Crippen LogP contribution in [0.25, 0.3) is 11.4 Å². The maximum atomic E-state index is 13.2. The second-order valence-electron chi connectivity index (χ2n) is 9.36. The molecule has 0 radical (unpaired) electrons. The van der Waals surface area contributed by atoms with E-state index in [0.717, 1.165) is 66.3 Å². The van der Waals surface area contributed by atoms with Crippen molar-refractivity contribution < 1.29 is 9.59 Å². The average Bonchev–Trinajstić information content (AvgIpc) is 3.08. The van der Waals surface area contributed by atoms with E-state index in [2.05, 4.69) is 26.1 Å². The molecule has 0 fully saturated rings. The highest BCUT2D eigenvalue weighted by Crippen LogP contribution is 2.33. The van der Waals surface area contributed by atoms with Crippen LogP contribution >= 0.6 is 0 Å². The number of nitrogens with one attached hydrogen (secondary N) is 1. The summed E-state index contributed by atoms with van der Waals surface area (Å²) in [5.41, 5.74) is 4.99. The summed E-state index contributed by atoms with van der Waals surface area (Å²) in [7, 11) is 0. The van der Waals surface area contributed by atoms with E-state index in [1.807, 2.05) is 48.2 Å². The van der Waals surface area contributed by atoms with E-state index in [4.69, 9.17) is 0 Å². The Labute approximate surface area is 200 Å². The molecule has 0 aliphatic carbocycles. The molecule has 7 heteroatoms. The number of hydrogen-bond acceptors (Lipinski definition) is 4. The fourth-order valence-electron chi connectivity index (χ4n) is 5.22. The van der Waals surface area contributed by atoms with Gasteiger partial charge in [0.15, 0.2) is 5.82 Å². The molecule has 1 N–H and O–H groups in total. The Balaban J connectivity index is 1.38. The lowest BCUT2D eigenvalue weighted by molar-refractivity contribution is -0.132. The fourth-order valence-corrected chi connectivity index (χ4v) is 5.22. The van der Waals surface area contributed by atoms with Crippen molar-refractivity contribution in [3.63, 3.8) is 0 Å². The number of carbonyl (C=O) groups excluding carboxylic acids is 2. The molecule has 3 heterocycles. The average molecular weight is 458 g/mol. The van der Waals surface area contributed by atoms with Crippen LogP contribution in [-0.2, 0) is 29.0 Å². The van der Waals surface area contributed by atoms with Crippen LogP contribution in [0.1, 0.15) is 61.2 Å². The monoisotopic (exact) mass is 457 g/mol. The Kier molecular flexibility index (Phi) is 6.18. The summed E-state index contributed by atoms with van der Waals surface area (Å²) in [6.07, 6.45) is 5.48. The molecule has 0 saturated heterocycles. The molecule has 34 heavy (non-hydrogen) atoms. The number of benzene rings is 2. The second-order valence-corrected chi connectivity index (χ2v) is 9.36. The third-order valence-electron chi connectivity index (χ3n) is 7.07. The lowest BCUT2D eigenvalue weighted by Gasteiger charge is -2.36. The Morgan fingerprint density at radius 3 is 2.74 bits per heavy atom. The SMILES string of the molecule is CC(=O)N1CCc2ccccc2C1CC(=O)Nc1cc(-c2nnc3n2CCCCC3)ccc1C. The van der Waals surface area contributed by atoms with E-state index >= 15 is 0 Å². The topological polar surface area (TPSA) is 80.1 Å². The van der Waals surface area contributed by atoms with Gasteiger partial charge in [-0.1, -0.05) is 42.8 Å². The molecule has 1 unspecified atom stereocenters. The quantitative estimate of drug-likeness (QED) is 0.628. The van der Waals surface area contributed by atoms with Crippen molar-refractivity contribution in [2.75, 3.05) is 11.9 Å². The molecule has 0 spiro atoms. The zero-order valence-electron chi connectivity index (χ0n) is 19.9. The Morgan fingerprint density at radius 1 is 1.03 bits per heavy atom. The zero-order chi connectivity index (χ0) is 23.7. The molecule has 3 aromatic rings. The molecule has 1 atom stereocenters. The van der Waals surface area contributed by atoms with Gasteiger partial charge in [-0.25, -0.2) is 0 Å². The lowest BCUT2D eigenvalue weighted by atomic mass is 9.90. The van der Waals surface area contributed by atoms with E-state index in [1.165, 1.54) is 12.0 Å². The van der Waals surface area contributed by atoms with Gasteiger partial charge in [-0.05, 0) is 48.9 Å². The maximum absolute atomic E-state index is 13.2. The van der Waals surface area contributed by atoms with Gasteiger partial charge in [-0.2, -0.15) is 0 Å². The molecule has 7 nitrogen and oxygen atoms in total. The fraction of sp³-hybridized carbons (Fsp3) is 0.407. The summed E-state index contributed by atoms with van der Waals surface area (Å²) in [6.45, 7) is 5.13. The van der Waals surface area contributed by atoms with Gasteiger partial charge in [0.25, 0.3) is 0 Å². The van der Waals surface area contributed by atoms with Crippen LogP contribution in [0.15, 0.2) is 42.5 Å². The number of carbonyl (C=O) groups is 2. The van der Waals surface area contributed by atoms with Gasteiger partial charge in [0.05, 0.1) is 12.5 Å². The molecule has 2 aliphatic rings. The van der Waals surface area contributed by atoms with Crippen molar-refractivity contribution in [1.82, 2.24) is 19.7 Å². The Hall–Kier alpha value is -3.48. The number of fused-ring (bicyclic) bond motifs is 2. The number of nitrogens with zero attached hydrogens (tertiary/aromatic N) is 4. The molecule has 176 valence electrons. The zero-order valence-corrected chi connectivity index (χ0v) is 19.9. The first kappa shape index (κ1) is 22.3. The van der Waals surface area contributed by atoms with Gasteiger partial charge in [0, 0.05) is 37.7 Å². The van der Waals surface area contributed by atoms with Gasteiger partial charge in [0.1, 0.15) is 5.82 Å². The highest BCUT2D eigenvalue weighted by molar-refractivity contribution is 5.93. The summed E-state index contributed by atoms with van der Waals surface area (Å²) >= 11 is 0. The molecule has 1 aromatic heterocycles. The Bertz CT molecular complexity index is 1230. The first-order chi connectivity index (χ1) is 16.5. The van der Waals surface area contributed by atoms with Crippen molar-refractivity contribution >= 4 is 17.5 Å². The van der Waals surface area contributed by atoms with Crippen molar-refractivity contribution in [2.45, 2.75) is 65.0 Å². The predicted molar refractivity (Wildman–Crippen MR) is 131 cm³/mol. The summed E-state index contributed by atoms with van der Waals surface area (Å²) in [5, 5.41) is 12.0. The van der Waals surface area contributed by atoms with E-state index in [1.54, 1.807) is 6.92 Å². The van der Waals surface area contributed by atoms with Crippen molar-refractivity contribution in [3.8, 4) is 11.4 Å². The number of rotatable bonds is 4. The van der Waals surface area contributed by atoms with Crippen LogP contribution in [0.4, 0.5) is 5.69 Å². The smallest absolute Gasteiger partial charge is 0.226 e. The third kappa shape index (κ3) is 4.34. The molecule has 0 saturated carbocycles. The second kappa shape index (κ2) is 9.41. The number of anilines is 1. The van der Waals surface area contributed by atoms with Crippen molar-refractivity contribution in [3.05, 3.63) is 65.0 Å². The first-order valence-electron chi connectivity index (χ1n) is 12.2. The molecule has 5 rings (SSSR count). The third-order valence-corrected chi connectivity index (χ3v) is 7.07. The number of hydrogen-bond donors (Lipinski definition) is 1. The van der Waals surface area contributed by atoms with Crippen molar-refractivity contribution in [2.24, 2.45) is 0 Å². The predicted octanol–water partition coefficient (Wildman–Crippen LogP) is 4.45. The highest BCUT2D eigenvalue weighted by Gasteiger charge is 2.30. The van der Waals surface area contributed by atoms with Crippen LogP contribution in [0.3, 0.4) is 0 Å². The normalized spacial score (nSPS) is 17.5. The van der Waals surface area contributed by atoms with E-state index in [0.29, 0.717) is 6.54 Å². The van der Waals surface area contributed by atoms with Gasteiger partial charge in [-0.3, -0.25) is 9.59 Å². The number of amides is 2. The number of aromatic nitrogens is 3. The molecular weight excluding hydrogens is 426 g/mol. The standard InChI is InChI=1S/C27H31N5O2/c1-18-11-12-21(27-30-29-25-10-4-3-7-14-32(25)27)16-23(18)28-26(34)17-24-22-9-6-5-8-20(22)13-15-31(24)19(2)33/h5-6,8-9,11-12,16,24H,3-4,7,10,13-15,17H2,1-2H3,(H,28,34). The minimum Gasteiger partial charge on any atom is -0.335 e. The van der Waals surface area contributed by atoms with E-state index < -0.39 is 0 Å². The van der Waals surface area contributed by atoms with Gasteiger partial charge < -0.3 is 14.8 Å². The molecule has 2 aliphatic heterocycles. The van der Waals surface area contributed by atoms with E-state index in [9.17, 15) is 9.59 Å². The van der Waals surface area contributed by atoms with Crippen LogP contribution in [0.2, 0.25) is 0 Å². The van der Waals surface area contributed by atoms with Gasteiger partial charge in [-0.15, -0.1) is 10.2 Å². The molecule has 0 bridgehead atoms. The first-order valence-corrected chi connectivity index (χ1v) is 12.2. The minimum atomic E-state index is -0.252. The van der Waals surface area contributed by atoms with Crippen molar-refractivity contribution in [1.29, 1.82) is 0 Å². The van der Waals surface area contributed by atoms with E-state index in [-0.39, 0.29) is 24.3 Å². The van der Waals surface area contributed by atoms with Gasteiger partial charge >= 0.3 is 0 Å². The summed E-state index contributed by atoms with van der Waals surface area (Å²) < 4.78 is 2.22. The highest BCUT2D eigenvalue weighted by atomic mass is 16.2. The summed E-state index contributed by atoms with van der Waals surface area (Å²) in [4.78, 5) is 27.3. The Morgan fingerprint density at radius 2 is 1.88 bits per heavy atom. The van der Waals surface area contributed by atoms with Crippen LogP contribution in [0.5, 0.6) is 0 Å². The molecule has 2 aromatic carbocycles. The van der Waals surface area contributed by atoms with Crippen LogP contribution in [-0.4, -0.2) is 38.0 Å². The number of aryl methyl sites for hydroxylation is 2. The van der Waals surface area contributed by atoms with Gasteiger partial charge in [0.2, 0.25) is 11.8 Å². The summed E-state index contributed by atoms with van der Waals surface area (Å²) in [6, 6.07) is 13.9. The van der Waals surface area contributed by atoms with Crippen LogP contribution in [0, 0.1) is 6.92 Å². The molecule has 2 amide bonds. The minimum absolute atomic E-state index is 0.00187. The maximum Gasteiger partial charge on any atom is 0.226 e. The lowest BCUT2D eigenvalue weighted by Crippen LogP contribution is -2.40.